The smallest absolute Gasteiger partial charge is 0.241 e. The second-order valence-electron chi connectivity index (χ2n) is 7.21. The summed E-state index contributed by atoms with van der Waals surface area (Å²) in [6, 6.07) is 2.29. The third-order valence-corrected chi connectivity index (χ3v) is 7.28. The van der Waals surface area contributed by atoms with Crippen molar-refractivity contribution in [2.45, 2.75) is 57.2 Å². The van der Waals surface area contributed by atoms with Crippen LogP contribution in [0.25, 0.3) is 0 Å². The number of nitrogens with zero attached hydrogens (tertiary/aromatic N) is 2. The van der Waals surface area contributed by atoms with Crippen molar-refractivity contribution in [3.05, 3.63) is 16.0 Å². The number of carbonyl (C=O) groups excluding carboxylic acids is 2. The number of fused-ring (bicyclic) bond motifs is 6. The normalized spacial score (nSPS) is 34.2. The van der Waals surface area contributed by atoms with Crippen LogP contribution < -0.4 is 4.90 Å². The lowest BCUT2D eigenvalue weighted by Crippen LogP contribution is -2.34. The molecule has 0 spiro atoms. The summed E-state index contributed by atoms with van der Waals surface area (Å²) in [6.45, 7) is 0. The highest BCUT2D eigenvalue weighted by atomic mass is 32.1. The molecule has 0 N–H and O–H groups in total. The number of hydrogen-bond acceptors (Lipinski definition) is 5. The molecule has 1 aromatic heterocycles. The Bertz CT molecular complexity index is 765. The lowest BCUT2D eigenvalue weighted by atomic mass is 9.81. The van der Waals surface area contributed by atoms with Gasteiger partial charge in [-0.1, -0.05) is 6.42 Å². The van der Waals surface area contributed by atoms with Crippen molar-refractivity contribution < 1.29 is 14.3 Å². The highest BCUT2D eigenvalue weighted by molar-refractivity contribution is 7.17. The lowest BCUT2D eigenvalue weighted by Gasteiger charge is -2.16. The predicted octanol–water partition coefficient (Wildman–Crippen LogP) is 2.56. The zero-order valence-electron chi connectivity index (χ0n) is 13.3. The minimum Gasteiger partial charge on any atom is -0.373 e. The molecule has 0 radical (unpaired) electrons. The lowest BCUT2D eigenvalue weighted by molar-refractivity contribution is -0.124. The summed E-state index contributed by atoms with van der Waals surface area (Å²) in [5, 5.41) is 10.3. The molecule has 1 aliphatic carbocycles. The van der Waals surface area contributed by atoms with Crippen molar-refractivity contribution in [3.8, 4) is 6.07 Å². The Balaban J connectivity index is 1.59. The van der Waals surface area contributed by atoms with Crippen LogP contribution in [0.15, 0.2) is 0 Å². The Morgan fingerprint density at radius 1 is 1.04 bits per heavy atom. The fraction of sp³-hybridized carbons (Fsp3) is 0.611. The molecule has 24 heavy (non-hydrogen) atoms. The maximum absolute atomic E-state index is 13.0. The first-order chi connectivity index (χ1) is 11.7. The van der Waals surface area contributed by atoms with Gasteiger partial charge in [0.05, 0.1) is 29.6 Å². The average molecular weight is 342 g/mol. The van der Waals surface area contributed by atoms with E-state index in [0.717, 1.165) is 44.1 Å². The maximum atomic E-state index is 13.0. The van der Waals surface area contributed by atoms with Crippen LogP contribution >= 0.6 is 11.3 Å². The first-order valence-electron chi connectivity index (χ1n) is 8.78. The van der Waals surface area contributed by atoms with E-state index in [-0.39, 0.29) is 35.9 Å². The first-order valence-corrected chi connectivity index (χ1v) is 9.60. The predicted molar refractivity (Wildman–Crippen MR) is 87.7 cm³/mol. The van der Waals surface area contributed by atoms with E-state index in [1.807, 2.05) is 0 Å². The minimum atomic E-state index is -0.329. The summed E-state index contributed by atoms with van der Waals surface area (Å²) < 4.78 is 5.79. The molecule has 3 fully saturated rings. The van der Waals surface area contributed by atoms with E-state index >= 15 is 0 Å². The Morgan fingerprint density at radius 3 is 2.38 bits per heavy atom. The molecular formula is C18H18N2O3S. The summed E-state index contributed by atoms with van der Waals surface area (Å²) in [7, 11) is 0. The zero-order valence-corrected chi connectivity index (χ0v) is 14.1. The molecule has 3 saturated heterocycles. The molecule has 0 aromatic carbocycles. The molecule has 5 rings (SSSR count). The maximum Gasteiger partial charge on any atom is 0.241 e. The number of nitriles is 1. The van der Waals surface area contributed by atoms with Gasteiger partial charge in [-0.15, -0.1) is 11.3 Å². The van der Waals surface area contributed by atoms with Crippen LogP contribution in [-0.4, -0.2) is 24.0 Å². The topological polar surface area (TPSA) is 70.4 Å². The number of anilines is 1. The van der Waals surface area contributed by atoms with Crippen molar-refractivity contribution in [3.63, 3.8) is 0 Å². The van der Waals surface area contributed by atoms with Gasteiger partial charge in [0.2, 0.25) is 11.8 Å². The highest BCUT2D eigenvalue weighted by Gasteiger charge is 2.63. The van der Waals surface area contributed by atoms with Crippen molar-refractivity contribution in [1.29, 1.82) is 5.26 Å². The van der Waals surface area contributed by atoms with Gasteiger partial charge in [-0.2, -0.15) is 5.26 Å². The molecule has 0 unspecified atom stereocenters. The van der Waals surface area contributed by atoms with Crippen LogP contribution in [-0.2, 0) is 27.2 Å². The molecule has 124 valence electrons. The van der Waals surface area contributed by atoms with Crippen LogP contribution in [0.2, 0.25) is 0 Å². The van der Waals surface area contributed by atoms with Crippen molar-refractivity contribution in [2.24, 2.45) is 11.8 Å². The second-order valence-corrected chi connectivity index (χ2v) is 8.29. The van der Waals surface area contributed by atoms with E-state index in [9.17, 15) is 14.9 Å². The SMILES string of the molecule is N#Cc1c(N2C(=O)[C@@H]3[C@@H](C2=O)[C@@H]2CC[C@@H]3O2)sc2c1CCCCC2. The van der Waals surface area contributed by atoms with Gasteiger partial charge < -0.3 is 4.74 Å². The number of amides is 2. The van der Waals surface area contributed by atoms with Crippen molar-refractivity contribution in [2.75, 3.05) is 4.90 Å². The van der Waals surface area contributed by atoms with Crippen LogP contribution in [0.5, 0.6) is 0 Å². The van der Waals surface area contributed by atoms with Gasteiger partial charge >= 0.3 is 0 Å². The van der Waals surface area contributed by atoms with E-state index in [1.54, 1.807) is 0 Å². The van der Waals surface area contributed by atoms with Gasteiger partial charge in [0.25, 0.3) is 0 Å². The molecule has 1 aromatic rings. The van der Waals surface area contributed by atoms with E-state index in [4.69, 9.17) is 4.74 Å². The number of ether oxygens (including phenoxy) is 1. The molecule has 6 heteroatoms. The average Bonchev–Trinajstić information content (AvgIpc) is 3.28. The first kappa shape index (κ1) is 14.6. The van der Waals surface area contributed by atoms with Crippen LogP contribution in [0, 0.1) is 23.2 Å². The van der Waals surface area contributed by atoms with Gasteiger partial charge in [-0.3, -0.25) is 9.59 Å². The quantitative estimate of drug-likeness (QED) is 0.581. The Morgan fingerprint density at radius 2 is 1.71 bits per heavy atom. The van der Waals surface area contributed by atoms with Crippen LogP contribution in [0.1, 0.15) is 48.1 Å². The van der Waals surface area contributed by atoms with Crippen LogP contribution in [0.3, 0.4) is 0 Å². The van der Waals surface area contributed by atoms with E-state index in [2.05, 4.69) is 6.07 Å². The standard InChI is InChI=1S/C18H18N2O3S/c19-8-10-9-4-2-1-3-5-13(9)24-18(10)20-16(21)14-11-6-7-12(23-11)15(14)17(20)22/h11-12,14-15H,1-7H2/t11-,12-,14-,15-/m0/s1. The molecule has 4 atom stereocenters. The minimum absolute atomic E-state index is 0.107. The number of imide groups is 1. The number of rotatable bonds is 1. The van der Waals surface area contributed by atoms with E-state index in [1.165, 1.54) is 27.5 Å². The molecular weight excluding hydrogens is 324 g/mol. The summed E-state index contributed by atoms with van der Waals surface area (Å²) in [5.41, 5.74) is 1.64. The highest BCUT2D eigenvalue weighted by Crippen LogP contribution is 2.51. The largest absolute Gasteiger partial charge is 0.373 e. The van der Waals surface area contributed by atoms with Gasteiger partial charge in [0.1, 0.15) is 11.1 Å². The Labute approximate surface area is 144 Å². The van der Waals surface area contributed by atoms with Gasteiger partial charge in [-0.05, 0) is 44.1 Å². The number of hydrogen-bond donors (Lipinski definition) is 0. The summed E-state index contributed by atoms with van der Waals surface area (Å²) in [4.78, 5) is 28.4. The van der Waals surface area contributed by atoms with Crippen LogP contribution in [0.4, 0.5) is 5.00 Å². The second kappa shape index (κ2) is 5.14. The van der Waals surface area contributed by atoms with E-state index in [0.29, 0.717) is 10.6 Å². The fourth-order valence-electron chi connectivity index (χ4n) is 4.91. The van der Waals surface area contributed by atoms with Gasteiger partial charge in [-0.25, -0.2) is 4.90 Å². The zero-order chi connectivity index (χ0) is 16.4. The fourth-order valence-corrected chi connectivity index (χ4v) is 6.26. The van der Waals surface area contributed by atoms with E-state index < -0.39 is 0 Å². The van der Waals surface area contributed by atoms with Gasteiger partial charge in [0, 0.05) is 4.88 Å². The monoisotopic (exact) mass is 342 g/mol. The number of aryl methyl sites for hydroxylation is 1. The summed E-state index contributed by atoms with van der Waals surface area (Å²) in [6.07, 6.45) is 6.71. The van der Waals surface area contributed by atoms with Crippen molar-refractivity contribution >= 4 is 28.2 Å². The van der Waals surface area contributed by atoms with Crippen molar-refractivity contribution in [1.82, 2.24) is 0 Å². The summed E-state index contributed by atoms with van der Waals surface area (Å²) in [5.74, 6) is -0.954. The third kappa shape index (κ3) is 1.77. The molecule has 4 heterocycles. The molecule has 2 amide bonds. The molecule has 5 nitrogen and oxygen atoms in total. The Kier molecular flexibility index (Phi) is 3.13. The molecule has 4 aliphatic rings. The third-order valence-electron chi connectivity index (χ3n) is 6.00. The number of carbonyl (C=O) groups is 2. The molecule has 2 bridgehead atoms. The summed E-state index contributed by atoms with van der Waals surface area (Å²) >= 11 is 1.49. The molecule has 3 aliphatic heterocycles. The molecule has 0 saturated carbocycles. The number of thiophene rings is 1. The van der Waals surface area contributed by atoms with Gasteiger partial charge in [0.15, 0.2) is 0 Å². The Hall–Kier alpha value is -1.71.